The zero-order valence-corrected chi connectivity index (χ0v) is 12.5. The fourth-order valence-electron chi connectivity index (χ4n) is 2.22. The van der Waals surface area contributed by atoms with Crippen LogP contribution in [0.5, 0.6) is 0 Å². The molecule has 1 heterocycles. The summed E-state index contributed by atoms with van der Waals surface area (Å²) < 4.78 is 1.07. The minimum atomic E-state index is 0.640. The molecule has 3 aromatic rings. The summed E-state index contributed by atoms with van der Waals surface area (Å²) >= 11 is 3.48. The number of aryl methyl sites for hydroxylation is 1. The van der Waals surface area contributed by atoms with Gasteiger partial charge < -0.3 is 10.3 Å². The molecule has 3 rings (SSSR count). The van der Waals surface area contributed by atoms with Crippen LogP contribution in [-0.2, 0) is 0 Å². The molecule has 3 nitrogen and oxygen atoms in total. The van der Waals surface area contributed by atoms with E-state index in [2.05, 4.69) is 32.3 Å². The molecule has 1 aromatic heterocycles. The van der Waals surface area contributed by atoms with E-state index in [-0.39, 0.29) is 0 Å². The molecule has 2 aromatic carbocycles. The first-order valence-electron chi connectivity index (χ1n) is 6.23. The van der Waals surface area contributed by atoms with Crippen molar-refractivity contribution < 1.29 is 0 Å². The summed E-state index contributed by atoms with van der Waals surface area (Å²) in [5.74, 6) is 0.732. The molecule has 0 spiro atoms. The zero-order valence-electron chi connectivity index (χ0n) is 10.9. The lowest BCUT2D eigenvalue weighted by atomic mass is 10.2. The maximum absolute atomic E-state index is 9.36. The van der Waals surface area contributed by atoms with E-state index in [1.54, 1.807) is 0 Å². The number of H-pyrrole nitrogens is 1. The molecule has 0 saturated heterocycles. The molecule has 0 radical (unpaired) electrons. The lowest BCUT2D eigenvalue weighted by molar-refractivity contribution is 1.37. The summed E-state index contributed by atoms with van der Waals surface area (Å²) in [7, 11) is 0. The first-order valence-corrected chi connectivity index (χ1v) is 7.02. The summed E-state index contributed by atoms with van der Waals surface area (Å²) in [6.07, 6.45) is 0. The van der Waals surface area contributed by atoms with Crippen molar-refractivity contribution in [2.45, 2.75) is 6.92 Å². The number of nitrogens with one attached hydrogen (secondary N) is 2. The monoisotopic (exact) mass is 325 g/mol. The van der Waals surface area contributed by atoms with Crippen LogP contribution in [0.3, 0.4) is 0 Å². The van der Waals surface area contributed by atoms with Crippen LogP contribution < -0.4 is 5.32 Å². The predicted octanol–water partition coefficient (Wildman–Crippen LogP) is 4.85. The van der Waals surface area contributed by atoms with Gasteiger partial charge >= 0.3 is 0 Å². The SMILES string of the molecule is Cc1cc(Nc2[nH]c3ccccc3c2C#N)ccc1Br. The van der Waals surface area contributed by atoms with E-state index in [4.69, 9.17) is 0 Å². The maximum Gasteiger partial charge on any atom is 0.127 e. The number of anilines is 2. The van der Waals surface area contributed by atoms with Gasteiger partial charge in [-0.2, -0.15) is 5.26 Å². The van der Waals surface area contributed by atoms with Crippen molar-refractivity contribution in [1.82, 2.24) is 4.98 Å². The molecular formula is C16H12BrN3. The van der Waals surface area contributed by atoms with E-state index < -0.39 is 0 Å². The standard InChI is InChI=1S/C16H12BrN3/c1-10-8-11(6-7-14(10)17)19-16-13(9-18)12-4-2-3-5-15(12)20-16/h2-8,19-20H,1H3. The minimum absolute atomic E-state index is 0.640. The van der Waals surface area contributed by atoms with Gasteiger partial charge in [-0.25, -0.2) is 0 Å². The van der Waals surface area contributed by atoms with E-state index in [1.165, 1.54) is 0 Å². The summed E-state index contributed by atoms with van der Waals surface area (Å²) in [5.41, 5.74) is 3.69. The molecule has 20 heavy (non-hydrogen) atoms. The normalized spacial score (nSPS) is 10.4. The highest BCUT2D eigenvalue weighted by atomic mass is 79.9. The topological polar surface area (TPSA) is 51.6 Å². The van der Waals surface area contributed by atoms with Gasteiger partial charge in [0.2, 0.25) is 0 Å². The van der Waals surface area contributed by atoms with E-state index in [0.29, 0.717) is 5.56 Å². The average Bonchev–Trinajstić information content (AvgIpc) is 2.80. The smallest absolute Gasteiger partial charge is 0.127 e. The van der Waals surface area contributed by atoms with E-state index in [1.807, 2.05) is 49.4 Å². The van der Waals surface area contributed by atoms with Crippen LogP contribution in [0.4, 0.5) is 11.5 Å². The number of hydrogen-bond donors (Lipinski definition) is 2. The van der Waals surface area contributed by atoms with Crippen molar-refractivity contribution in [3.8, 4) is 6.07 Å². The van der Waals surface area contributed by atoms with E-state index in [0.717, 1.165) is 32.4 Å². The second-order valence-electron chi connectivity index (χ2n) is 4.62. The van der Waals surface area contributed by atoms with Gasteiger partial charge in [0.05, 0.1) is 0 Å². The summed E-state index contributed by atoms with van der Waals surface area (Å²) in [5, 5.41) is 13.6. The Morgan fingerprint density at radius 3 is 2.75 bits per heavy atom. The highest BCUT2D eigenvalue weighted by molar-refractivity contribution is 9.10. The van der Waals surface area contributed by atoms with E-state index in [9.17, 15) is 5.26 Å². The second kappa shape index (κ2) is 5.03. The van der Waals surface area contributed by atoms with Gasteiger partial charge in [-0.05, 0) is 36.8 Å². The molecule has 2 N–H and O–H groups in total. The summed E-state index contributed by atoms with van der Waals surface area (Å²) in [6, 6.07) is 16.1. The van der Waals surface area contributed by atoms with Crippen molar-refractivity contribution in [2.75, 3.05) is 5.32 Å². The van der Waals surface area contributed by atoms with Gasteiger partial charge in [0.25, 0.3) is 0 Å². The van der Waals surface area contributed by atoms with Crippen molar-refractivity contribution >= 4 is 38.3 Å². The first kappa shape index (κ1) is 12.8. The number of hydrogen-bond acceptors (Lipinski definition) is 2. The maximum atomic E-state index is 9.36. The Morgan fingerprint density at radius 1 is 1.20 bits per heavy atom. The molecule has 0 saturated carbocycles. The molecule has 0 fully saturated rings. The molecule has 0 amide bonds. The molecule has 0 aliphatic heterocycles. The van der Waals surface area contributed by atoms with Crippen molar-refractivity contribution in [3.05, 3.63) is 58.1 Å². The molecule has 0 atom stereocenters. The Bertz CT molecular complexity index is 827. The highest BCUT2D eigenvalue weighted by Crippen LogP contribution is 2.29. The third-order valence-corrected chi connectivity index (χ3v) is 4.13. The third kappa shape index (κ3) is 2.17. The van der Waals surface area contributed by atoms with Crippen LogP contribution >= 0.6 is 15.9 Å². The minimum Gasteiger partial charge on any atom is -0.341 e. The van der Waals surface area contributed by atoms with Crippen LogP contribution in [0, 0.1) is 18.3 Å². The number of aromatic nitrogens is 1. The Morgan fingerprint density at radius 2 is 2.00 bits per heavy atom. The van der Waals surface area contributed by atoms with Crippen LogP contribution in [0.25, 0.3) is 10.9 Å². The van der Waals surface area contributed by atoms with Gasteiger partial charge in [0.1, 0.15) is 17.5 Å². The number of halogens is 1. The fraction of sp³-hybridized carbons (Fsp3) is 0.0625. The summed E-state index contributed by atoms with van der Waals surface area (Å²) in [6.45, 7) is 2.03. The van der Waals surface area contributed by atoms with Crippen LogP contribution in [-0.4, -0.2) is 4.98 Å². The molecule has 0 bridgehead atoms. The summed E-state index contributed by atoms with van der Waals surface area (Å²) in [4.78, 5) is 3.25. The van der Waals surface area contributed by atoms with Gasteiger partial charge in [-0.15, -0.1) is 0 Å². The zero-order chi connectivity index (χ0) is 14.1. The van der Waals surface area contributed by atoms with Gasteiger partial charge in [0, 0.05) is 21.1 Å². The number of para-hydroxylation sites is 1. The average molecular weight is 326 g/mol. The molecule has 98 valence electrons. The predicted molar refractivity (Wildman–Crippen MR) is 85.2 cm³/mol. The highest BCUT2D eigenvalue weighted by Gasteiger charge is 2.10. The molecule has 4 heteroatoms. The van der Waals surface area contributed by atoms with Crippen LogP contribution in [0.15, 0.2) is 46.9 Å². The Balaban J connectivity index is 2.06. The van der Waals surface area contributed by atoms with Gasteiger partial charge in [0.15, 0.2) is 0 Å². The van der Waals surface area contributed by atoms with Crippen LogP contribution in [0.1, 0.15) is 11.1 Å². The quantitative estimate of drug-likeness (QED) is 0.707. The van der Waals surface area contributed by atoms with E-state index >= 15 is 0 Å². The lowest BCUT2D eigenvalue weighted by Crippen LogP contribution is -1.93. The number of nitrogens with zero attached hydrogens (tertiary/aromatic N) is 1. The largest absolute Gasteiger partial charge is 0.341 e. The number of nitriles is 1. The lowest BCUT2D eigenvalue weighted by Gasteiger charge is -2.06. The van der Waals surface area contributed by atoms with Crippen molar-refractivity contribution in [2.24, 2.45) is 0 Å². The molecule has 0 unspecified atom stereocenters. The number of aromatic amines is 1. The number of benzene rings is 2. The van der Waals surface area contributed by atoms with Gasteiger partial charge in [-0.1, -0.05) is 34.1 Å². The molecule has 0 aliphatic carbocycles. The van der Waals surface area contributed by atoms with Crippen molar-refractivity contribution in [3.63, 3.8) is 0 Å². The second-order valence-corrected chi connectivity index (χ2v) is 5.48. The number of fused-ring (bicyclic) bond motifs is 1. The number of rotatable bonds is 2. The molecular weight excluding hydrogens is 314 g/mol. The van der Waals surface area contributed by atoms with Crippen molar-refractivity contribution in [1.29, 1.82) is 5.26 Å². The molecule has 0 aliphatic rings. The Kier molecular flexibility index (Phi) is 3.21. The Hall–Kier alpha value is -2.25. The van der Waals surface area contributed by atoms with Crippen LogP contribution in [0.2, 0.25) is 0 Å². The first-order chi connectivity index (χ1) is 9.69. The third-order valence-electron chi connectivity index (χ3n) is 3.25. The fourth-order valence-corrected chi connectivity index (χ4v) is 2.47. The Labute approximate surface area is 125 Å². The van der Waals surface area contributed by atoms with Gasteiger partial charge in [-0.3, -0.25) is 0 Å².